The van der Waals surface area contributed by atoms with E-state index in [-0.39, 0.29) is 17.6 Å². The van der Waals surface area contributed by atoms with Crippen molar-refractivity contribution in [3.05, 3.63) is 64.3 Å². The molecular formula is C19H22N4O2. The van der Waals surface area contributed by atoms with E-state index in [0.29, 0.717) is 24.1 Å². The summed E-state index contributed by atoms with van der Waals surface area (Å²) >= 11 is 0. The summed E-state index contributed by atoms with van der Waals surface area (Å²) in [5.74, 6) is 0.279. The summed E-state index contributed by atoms with van der Waals surface area (Å²) in [6.45, 7) is 2.22. The molecule has 2 aromatic heterocycles. The lowest BCUT2D eigenvalue weighted by molar-refractivity contribution is 0.137. The van der Waals surface area contributed by atoms with Gasteiger partial charge in [-0.2, -0.15) is 0 Å². The first-order valence-electron chi connectivity index (χ1n) is 8.68. The number of fused-ring (bicyclic) bond motifs is 1. The average molecular weight is 338 g/mol. The van der Waals surface area contributed by atoms with Gasteiger partial charge in [0.2, 0.25) is 0 Å². The van der Waals surface area contributed by atoms with E-state index in [1.165, 1.54) is 11.9 Å². The lowest BCUT2D eigenvalue weighted by atomic mass is 9.97. The summed E-state index contributed by atoms with van der Waals surface area (Å²) in [4.78, 5) is 23.9. The highest BCUT2D eigenvalue weighted by Crippen LogP contribution is 2.25. The third-order valence-corrected chi connectivity index (χ3v) is 5.07. The highest BCUT2D eigenvalue weighted by Gasteiger charge is 2.31. The van der Waals surface area contributed by atoms with Gasteiger partial charge in [0.1, 0.15) is 5.52 Å². The predicted molar refractivity (Wildman–Crippen MR) is 96.3 cm³/mol. The molecule has 1 unspecified atom stereocenters. The maximum Gasteiger partial charge on any atom is 0.275 e. The van der Waals surface area contributed by atoms with Gasteiger partial charge in [-0.25, -0.2) is 4.98 Å². The first kappa shape index (κ1) is 16.1. The number of hydrogen-bond donors (Lipinski definition) is 3. The van der Waals surface area contributed by atoms with Crippen LogP contribution < -0.4 is 5.56 Å². The van der Waals surface area contributed by atoms with Gasteiger partial charge >= 0.3 is 0 Å². The first-order valence-corrected chi connectivity index (χ1v) is 8.68. The fourth-order valence-corrected chi connectivity index (χ4v) is 3.72. The van der Waals surface area contributed by atoms with E-state index >= 15 is 0 Å². The SMILES string of the molecule is O=c1[nH]cnc2c(CN3CC(O)[C@@H](CCc4ccccc4)C3)c[nH]c12. The Morgan fingerprint density at radius 1 is 1.20 bits per heavy atom. The Morgan fingerprint density at radius 2 is 2.04 bits per heavy atom. The zero-order valence-electron chi connectivity index (χ0n) is 14.0. The molecule has 0 saturated carbocycles. The molecule has 3 aromatic rings. The van der Waals surface area contributed by atoms with E-state index in [1.807, 2.05) is 12.3 Å². The molecule has 0 radical (unpaired) electrons. The quantitative estimate of drug-likeness (QED) is 0.661. The Labute approximate surface area is 145 Å². The van der Waals surface area contributed by atoms with E-state index in [9.17, 15) is 9.90 Å². The Balaban J connectivity index is 1.41. The minimum atomic E-state index is -0.301. The second kappa shape index (κ2) is 6.82. The smallest absolute Gasteiger partial charge is 0.275 e. The van der Waals surface area contributed by atoms with E-state index in [2.05, 4.69) is 44.1 Å². The van der Waals surface area contributed by atoms with E-state index in [1.54, 1.807) is 0 Å². The Hall–Kier alpha value is -2.44. The van der Waals surface area contributed by atoms with Gasteiger partial charge < -0.3 is 15.1 Å². The van der Waals surface area contributed by atoms with E-state index in [0.717, 1.165) is 24.9 Å². The molecule has 0 spiro atoms. The zero-order valence-corrected chi connectivity index (χ0v) is 14.0. The van der Waals surface area contributed by atoms with Gasteiger partial charge in [0.25, 0.3) is 5.56 Å². The van der Waals surface area contributed by atoms with Crippen LogP contribution in [0.15, 0.2) is 47.7 Å². The molecule has 0 bridgehead atoms. The molecule has 25 heavy (non-hydrogen) atoms. The molecule has 1 aliphatic rings. The number of likely N-dealkylation sites (tertiary alicyclic amines) is 1. The van der Waals surface area contributed by atoms with Crippen LogP contribution in [-0.2, 0) is 13.0 Å². The molecule has 3 heterocycles. The summed E-state index contributed by atoms with van der Waals surface area (Å²) in [5, 5.41) is 10.4. The van der Waals surface area contributed by atoms with Crippen molar-refractivity contribution in [3.8, 4) is 0 Å². The van der Waals surface area contributed by atoms with Crippen molar-refractivity contribution in [2.75, 3.05) is 13.1 Å². The van der Waals surface area contributed by atoms with Crippen LogP contribution in [0.5, 0.6) is 0 Å². The fraction of sp³-hybridized carbons (Fsp3) is 0.368. The first-order chi connectivity index (χ1) is 12.2. The molecule has 2 atom stereocenters. The van der Waals surface area contributed by atoms with Gasteiger partial charge in [-0.05, 0) is 24.3 Å². The second-order valence-corrected chi connectivity index (χ2v) is 6.81. The minimum absolute atomic E-state index is 0.154. The van der Waals surface area contributed by atoms with Crippen molar-refractivity contribution in [2.24, 2.45) is 5.92 Å². The van der Waals surface area contributed by atoms with Crippen LogP contribution in [-0.4, -0.2) is 44.2 Å². The van der Waals surface area contributed by atoms with Crippen LogP contribution in [0.4, 0.5) is 0 Å². The van der Waals surface area contributed by atoms with Crippen LogP contribution in [0.1, 0.15) is 17.5 Å². The van der Waals surface area contributed by atoms with Crippen LogP contribution in [0.2, 0.25) is 0 Å². The number of β-amino-alcohol motifs (C(OH)–C–C–N with tert-alkyl or cyclic N) is 1. The molecule has 0 amide bonds. The van der Waals surface area contributed by atoms with Crippen molar-refractivity contribution in [1.82, 2.24) is 19.9 Å². The highest BCUT2D eigenvalue weighted by molar-refractivity contribution is 5.77. The van der Waals surface area contributed by atoms with Gasteiger partial charge in [-0.15, -0.1) is 0 Å². The van der Waals surface area contributed by atoms with Crippen LogP contribution in [0, 0.1) is 5.92 Å². The standard InChI is InChI=1S/C19H22N4O2/c24-16-11-23(9-14(16)7-6-13-4-2-1-3-5-13)10-15-8-20-18-17(15)21-12-22-19(18)25/h1-5,8,12,14,16,20,24H,6-7,9-11H2,(H,21,22,25)/t14-,16?/m0/s1. The third-order valence-electron chi connectivity index (χ3n) is 5.07. The predicted octanol–water partition coefficient (Wildman–Crippen LogP) is 1.68. The lowest BCUT2D eigenvalue weighted by Gasteiger charge is -2.15. The minimum Gasteiger partial charge on any atom is -0.391 e. The molecule has 130 valence electrons. The van der Waals surface area contributed by atoms with Crippen molar-refractivity contribution in [1.29, 1.82) is 0 Å². The maximum absolute atomic E-state index is 11.8. The molecule has 1 aromatic carbocycles. The Kier molecular flexibility index (Phi) is 4.38. The van der Waals surface area contributed by atoms with Gasteiger partial charge in [-0.3, -0.25) is 9.69 Å². The van der Waals surface area contributed by atoms with Crippen LogP contribution in [0.3, 0.4) is 0 Å². The number of aryl methyl sites for hydroxylation is 1. The van der Waals surface area contributed by atoms with Crippen LogP contribution >= 0.6 is 0 Å². The van der Waals surface area contributed by atoms with Gasteiger partial charge in [0.05, 0.1) is 17.9 Å². The third kappa shape index (κ3) is 3.36. The Morgan fingerprint density at radius 3 is 2.88 bits per heavy atom. The Bertz CT molecular complexity index is 902. The normalized spacial score (nSPS) is 21.2. The molecule has 1 fully saturated rings. The van der Waals surface area contributed by atoms with Crippen molar-refractivity contribution in [3.63, 3.8) is 0 Å². The largest absolute Gasteiger partial charge is 0.391 e. The number of nitrogens with one attached hydrogen (secondary N) is 2. The van der Waals surface area contributed by atoms with Crippen molar-refractivity contribution < 1.29 is 5.11 Å². The van der Waals surface area contributed by atoms with Gasteiger partial charge in [0.15, 0.2) is 0 Å². The zero-order chi connectivity index (χ0) is 17.2. The highest BCUT2D eigenvalue weighted by atomic mass is 16.3. The number of aromatic amines is 2. The molecule has 6 nitrogen and oxygen atoms in total. The number of aliphatic hydroxyl groups excluding tert-OH is 1. The van der Waals surface area contributed by atoms with Gasteiger partial charge in [0, 0.05) is 31.4 Å². The topological polar surface area (TPSA) is 85.0 Å². The summed E-state index contributed by atoms with van der Waals surface area (Å²) in [6.07, 6.45) is 4.94. The summed E-state index contributed by atoms with van der Waals surface area (Å²) in [6, 6.07) is 10.4. The number of hydrogen-bond acceptors (Lipinski definition) is 4. The second-order valence-electron chi connectivity index (χ2n) is 6.81. The van der Waals surface area contributed by atoms with E-state index in [4.69, 9.17) is 0 Å². The number of rotatable bonds is 5. The number of aliphatic hydroxyl groups is 1. The number of nitrogens with zero attached hydrogens (tertiary/aromatic N) is 2. The molecule has 1 aliphatic heterocycles. The van der Waals surface area contributed by atoms with Crippen molar-refractivity contribution in [2.45, 2.75) is 25.5 Å². The number of aromatic nitrogens is 3. The number of H-pyrrole nitrogens is 2. The molecule has 6 heteroatoms. The number of benzene rings is 1. The summed E-state index contributed by atoms with van der Waals surface area (Å²) in [5.41, 5.74) is 3.38. The molecule has 3 N–H and O–H groups in total. The average Bonchev–Trinajstić information content (AvgIpc) is 3.19. The monoisotopic (exact) mass is 338 g/mol. The molecule has 0 aliphatic carbocycles. The lowest BCUT2D eigenvalue weighted by Crippen LogP contribution is -2.21. The summed E-state index contributed by atoms with van der Waals surface area (Å²) < 4.78 is 0. The summed E-state index contributed by atoms with van der Waals surface area (Å²) in [7, 11) is 0. The molecule has 1 saturated heterocycles. The molecular weight excluding hydrogens is 316 g/mol. The van der Waals surface area contributed by atoms with Crippen LogP contribution in [0.25, 0.3) is 11.0 Å². The van der Waals surface area contributed by atoms with Gasteiger partial charge in [-0.1, -0.05) is 30.3 Å². The molecule has 4 rings (SSSR count). The van der Waals surface area contributed by atoms with E-state index < -0.39 is 0 Å². The van der Waals surface area contributed by atoms with Crippen molar-refractivity contribution >= 4 is 11.0 Å². The fourth-order valence-electron chi connectivity index (χ4n) is 3.72. The maximum atomic E-state index is 11.8.